The highest BCUT2D eigenvalue weighted by Crippen LogP contribution is 2.16. The van der Waals surface area contributed by atoms with Crippen LogP contribution in [0.15, 0.2) is 67.5 Å². The molecule has 0 aliphatic rings. The SMILES string of the molecule is C=CC(=O)NCCC[n+]1ccc(-c2ccccc2)cc1. The van der Waals surface area contributed by atoms with Crippen LogP contribution in [0, 0.1) is 0 Å². The van der Waals surface area contributed by atoms with Crippen LogP contribution in [0.25, 0.3) is 11.1 Å². The fourth-order valence-corrected chi connectivity index (χ4v) is 1.97. The number of aryl methyl sites for hydroxylation is 1. The summed E-state index contributed by atoms with van der Waals surface area (Å²) in [5, 5.41) is 2.77. The lowest BCUT2D eigenvalue weighted by Crippen LogP contribution is -2.35. The maximum atomic E-state index is 11.0. The average molecular weight is 267 g/mol. The Hall–Kier alpha value is -2.42. The van der Waals surface area contributed by atoms with E-state index in [-0.39, 0.29) is 5.91 Å². The van der Waals surface area contributed by atoms with Gasteiger partial charge in [-0.15, -0.1) is 0 Å². The molecule has 1 amide bonds. The van der Waals surface area contributed by atoms with Crippen molar-refractivity contribution in [3.63, 3.8) is 0 Å². The van der Waals surface area contributed by atoms with Gasteiger partial charge in [0.05, 0.1) is 0 Å². The molecule has 1 heterocycles. The van der Waals surface area contributed by atoms with Crippen LogP contribution in [0.1, 0.15) is 6.42 Å². The van der Waals surface area contributed by atoms with Crippen molar-refractivity contribution in [3.8, 4) is 11.1 Å². The predicted molar refractivity (Wildman–Crippen MR) is 79.9 cm³/mol. The van der Waals surface area contributed by atoms with Gasteiger partial charge in [0.2, 0.25) is 5.91 Å². The summed E-state index contributed by atoms with van der Waals surface area (Å²) in [6.07, 6.45) is 6.33. The molecular weight excluding hydrogens is 248 g/mol. The molecule has 2 rings (SSSR count). The summed E-state index contributed by atoms with van der Waals surface area (Å²) >= 11 is 0. The normalized spacial score (nSPS) is 10.0. The van der Waals surface area contributed by atoms with Crippen molar-refractivity contribution < 1.29 is 9.36 Å². The number of carbonyl (C=O) groups excluding carboxylic acids is 1. The lowest BCUT2D eigenvalue weighted by molar-refractivity contribution is -0.697. The first-order valence-electron chi connectivity index (χ1n) is 6.74. The van der Waals surface area contributed by atoms with Gasteiger partial charge in [-0.1, -0.05) is 36.9 Å². The maximum absolute atomic E-state index is 11.0. The van der Waals surface area contributed by atoms with E-state index in [1.54, 1.807) is 0 Å². The van der Waals surface area contributed by atoms with E-state index < -0.39 is 0 Å². The number of nitrogens with zero attached hydrogens (tertiary/aromatic N) is 1. The number of rotatable bonds is 6. The van der Waals surface area contributed by atoms with E-state index in [1.165, 1.54) is 17.2 Å². The zero-order valence-corrected chi connectivity index (χ0v) is 11.5. The zero-order valence-electron chi connectivity index (χ0n) is 11.5. The van der Waals surface area contributed by atoms with Gasteiger partial charge in [-0.05, 0) is 17.2 Å². The van der Waals surface area contributed by atoms with Gasteiger partial charge in [-0.2, -0.15) is 0 Å². The summed E-state index contributed by atoms with van der Waals surface area (Å²) in [4.78, 5) is 11.0. The largest absolute Gasteiger partial charge is 0.352 e. The summed E-state index contributed by atoms with van der Waals surface area (Å²) in [6, 6.07) is 14.5. The second kappa shape index (κ2) is 7.24. The third-order valence-electron chi connectivity index (χ3n) is 3.08. The van der Waals surface area contributed by atoms with Crippen molar-refractivity contribution in [1.29, 1.82) is 0 Å². The van der Waals surface area contributed by atoms with Crippen molar-refractivity contribution in [1.82, 2.24) is 5.32 Å². The fraction of sp³-hybridized carbons (Fsp3) is 0.176. The van der Waals surface area contributed by atoms with Crippen molar-refractivity contribution in [2.24, 2.45) is 0 Å². The number of aromatic nitrogens is 1. The molecule has 20 heavy (non-hydrogen) atoms. The topological polar surface area (TPSA) is 33.0 Å². The van der Waals surface area contributed by atoms with Crippen LogP contribution in [0.5, 0.6) is 0 Å². The Labute approximate surface area is 119 Å². The highest BCUT2D eigenvalue weighted by Gasteiger charge is 2.02. The van der Waals surface area contributed by atoms with Crippen LogP contribution in [0.3, 0.4) is 0 Å². The molecule has 0 bridgehead atoms. The van der Waals surface area contributed by atoms with Crippen molar-refractivity contribution in [3.05, 3.63) is 67.5 Å². The third-order valence-corrected chi connectivity index (χ3v) is 3.08. The van der Waals surface area contributed by atoms with E-state index in [9.17, 15) is 4.79 Å². The van der Waals surface area contributed by atoms with Gasteiger partial charge in [-0.3, -0.25) is 4.79 Å². The van der Waals surface area contributed by atoms with Crippen LogP contribution in [0.2, 0.25) is 0 Å². The Morgan fingerprint density at radius 3 is 2.40 bits per heavy atom. The minimum absolute atomic E-state index is 0.116. The van der Waals surface area contributed by atoms with E-state index in [0.29, 0.717) is 6.54 Å². The van der Waals surface area contributed by atoms with Crippen LogP contribution in [0.4, 0.5) is 0 Å². The molecule has 3 nitrogen and oxygen atoms in total. The molecule has 1 N–H and O–H groups in total. The molecule has 1 aromatic heterocycles. The number of amides is 1. The van der Waals surface area contributed by atoms with E-state index in [0.717, 1.165) is 13.0 Å². The van der Waals surface area contributed by atoms with E-state index in [1.807, 2.05) is 18.2 Å². The number of hydrogen-bond donors (Lipinski definition) is 1. The summed E-state index contributed by atoms with van der Waals surface area (Å²) in [7, 11) is 0. The van der Waals surface area contributed by atoms with Gasteiger partial charge in [-0.25, -0.2) is 4.57 Å². The van der Waals surface area contributed by atoms with E-state index in [4.69, 9.17) is 0 Å². The molecule has 0 unspecified atom stereocenters. The summed E-state index contributed by atoms with van der Waals surface area (Å²) in [5.74, 6) is -0.116. The minimum atomic E-state index is -0.116. The van der Waals surface area contributed by atoms with E-state index >= 15 is 0 Å². The van der Waals surface area contributed by atoms with Crippen LogP contribution < -0.4 is 9.88 Å². The number of pyridine rings is 1. The molecule has 0 fully saturated rings. The van der Waals surface area contributed by atoms with Gasteiger partial charge >= 0.3 is 0 Å². The maximum Gasteiger partial charge on any atom is 0.243 e. The molecule has 0 spiro atoms. The first kappa shape index (κ1) is 14.0. The predicted octanol–water partition coefficient (Wildman–Crippen LogP) is 2.33. The third kappa shape index (κ3) is 4.05. The Kier molecular flexibility index (Phi) is 5.07. The average Bonchev–Trinajstić information content (AvgIpc) is 2.52. The number of hydrogen-bond acceptors (Lipinski definition) is 1. The minimum Gasteiger partial charge on any atom is -0.352 e. The van der Waals surface area contributed by atoms with Crippen LogP contribution in [-0.4, -0.2) is 12.5 Å². The molecule has 1 aromatic carbocycles. The van der Waals surface area contributed by atoms with Crippen LogP contribution in [-0.2, 0) is 11.3 Å². The number of carbonyl (C=O) groups is 1. The molecule has 0 saturated heterocycles. The molecule has 0 aliphatic carbocycles. The summed E-state index contributed by atoms with van der Waals surface area (Å²) < 4.78 is 2.12. The summed E-state index contributed by atoms with van der Waals surface area (Å²) in [6.45, 7) is 4.97. The van der Waals surface area contributed by atoms with E-state index in [2.05, 4.69) is 53.1 Å². The second-order valence-electron chi connectivity index (χ2n) is 4.54. The Bertz CT molecular complexity index is 561. The smallest absolute Gasteiger partial charge is 0.243 e. The van der Waals surface area contributed by atoms with Crippen molar-refractivity contribution in [2.75, 3.05) is 6.54 Å². The molecule has 0 atom stereocenters. The number of benzene rings is 1. The van der Waals surface area contributed by atoms with Gasteiger partial charge < -0.3 is 5.32 Å². The number of nitrogens with one attached hydrogen (secondary N) is 1. The second-order valence-corrected chi connectivity index (χ2v) is 4.54. The fourth-order valence-electron chi connectivity index (χ4n) is 1.97. The lowest BCUT2D eigenvalue weighted by atomic mass is 10.1. The Morgan fingerprint density at radius 2 is 1.75 bits per heavy atom. The molecule has 0 saturated carbocycles. The molecule has 3 heteroatoms. The highest BCUT2D eigenvalue weighted by atomic mass is 16.1. The first-order valence-corrected chi connectivity index (χ1v) is 6.74. The van der Waals surface area contributed by atoms with Gasteiger partial charge in [0, 0.05) is 25.1 Å². The van der Waals surface area contributed by atoms with Gasteiger partial charge in [0.1, 0.15) is 6.54 Å². The summed E-state index contributed by atoms with van der Waals surface area (Å²) in [5.41, 5.74) is 2.43. The lowest BCUT2D eigenvalue weighted by Gasteiger charge is -2.02. The van der Waals surface area contributed by atoms with Gasteiger partial charge in [0.15, 0.2) is 12.4 Å². The van der Waals surface area contributed by atoms with Gasteiger partial charge in [0.25, 0.3) is 0 Å². The Balaban J connectivity index is 1.86. The highest BCUT2D eigenvalue weighted by molar-refractivity contribution is 5.86. The Morgan fingerprint density at radius 1 is 1.10 bits per heavy atom. The quantitative estimate of drug-likeness (QED) is 0.486. The molecule has 102 valence electrons. The molecule has 2 aromatic rings. The zero-order chi connectivity index (χ0) is 14.2. The monoisotopic (exact) mass is 267 g/mol. The standard InChI is InChI=1S/C17H18N2O/c1-2-17(20)18-11-6-12-19-13-9-16(10-14-19)15-7-4-3-5-8-15/h2-5,7-10,13-14H,1,6,11-12H2/p+1. The molecule has 0 aliphatic heterocycles. The molecule has 0 radical (unpaired) electrons. The van der Waals surface area contributed by atoms with Crippen molar-refractivity contribution >= 4 is 5.91 Å². The first-order chi connectivity index (χ1) is 9.79. The van der Waals surface area contributed by atoms with Crippen molar-refractivity contribution in [2.45, 2.75) is 13.0 Å². The molecular formula is C17H19N2O+. The van der Waals surface area contributed by atoms with Crippen LogP contribution >= 0.6 is 0 Å².